The highest BCUT2D eigenvalue weighted by Crippen LogP contribution is 2.39. The first-order valence-corrected chi connectivity index (χ1v) is 7.52. The molecule has 1 aliphatic carbocycles. The molecule has 3 rings (SSSR count). The van der Waals surface area contributed by atoms with Crippen molar-refractivity contribution >= 4 is 23.0 Å². The molecule has 1 aromatic carbocycles. The minimum Gasteiger partial charge on any atom is -0.805 e. The topological polar surface area (TPSA) is 104 Å². The van der Waals surface area contributed by atoms with E-state index in [1.165, 1.54) is 26.0 Å². The zero-order valence-electron chi connectivity index (χ0n) is 13.2. The van der Waals surface area contributed by atoms with E-state index in [1.807, 2.05) is 0 Å². The molecule has 1 aliphatic rings. The van der Waals surface area contributed by atoms with E-state index >= 15 is 0 Å². The average molecular weight is 332 g/mol. The van der Waals surface area contributed by atoms with Gasteiger partial charge in [-0.25, -0.2) is 0 Å². The number of ether oxygens (including phenoxy) is 2. The van der Waals surface area contributed by atoms with Crippen LogP contribution < -0.4 is 4.43 Å². The Morgan fingerprint density at radius 2 is 1.71 bits per heavy atom. The molecule has 0 N–H and O–H groups in total. The summed E-state index contributed by atoms with van der Waals surface area (Å²) in [6.07, 6.45) is -1.14. The Balaban J connectivity index is 2.30. The van der Waals surface area contributed by atoms with E-state index in [-0.39, 0.29) is 35.3 Å². The molecular formula is C16H16N2O6. The van der Waals surface area contributed by atoms with Crippen LogP contribution >= 0.6 is 0 Å². The van der Waals surface area contributed by atoms with Gasteiger partial charge in [0.15, 0.2) is 6.10 Å². The summed E-state index contributed by atoms with van der Waals surface area (Å²) in [6.45, 7) is 2.47. The second-order valence-corrected chi connectivity index (χ2v) is 5.62. The summed E-state index contributed by atoms with van der Waals surface area (Å²) in [5, 5.41) is 12.8. The van der Waals surface area contributed by atoms with Crippen LogP contribution in [0.2, 0.25) is 0 Å². The third-order valence-corrected chi connectivity index (χ3v) is 3.94. The van der Waals surface area contributed by atoms with Crippen LogP contribution in [0.4, 0.5) is 0 Å². The number of para-hydroxylation sites is 2. The monoisotopic (exact) mass is 332 g/mol. The van der Waals surface area contributed by atoms with Crippen LogP contribution in [0.15, 0.2) is 24.3 Å². The van der Waals surface area contributed by atoms with Gasteiger partial charge < -0.3 is 19.4 Å². The highest BCUT2D eigenvalue weighted by atomic mass is 16.6. The second-order valence-electron chi connectivity index (χ2n) is 5.62. The zero-order chi connectivity index (χ0) is 17.4. The van der Waals surface area contributed by atoms with E-state index in [0.717, 1.165) is 0 Å². The molecule has 2 atom stereocenters. The maximum absolute atomic E-state index is 12.8. The molecule has 0 radical (unpaired) electrons. The molecule has 0 amide bonds. The number of carbonyl (C=O) groups is 2. The Hall–Kier alpha value is -2.90. The number of aromatic nitrogens is 2. The van der Waals surface area contributed by atoms with Gasteiger partial charge in [0.1, 0.15) is 17.3 Å². The lowest BCUT2D eigenvalue weighted by molar-refractivity contribution is -0.484. The van der Waals surface area contributed by atoms with Crippen molar-refractivity contribution in [3.05, 3.63) is 45.8 Å². The number of hydrogen-bond acceptors (Lipinski definition) is 6. The van der Waals surface area contributed by atoms with Crippen molar-refractivity contribution in [1.29, 1.82) is 0 Å². The average Bonchev–Trinajstić information content (AvgIpc) is 2.53. The number of nitrogens with zero attached hydrogens (tertiary/aromatic N) is 2. The molecule has 24 heavy (non-hydrogen) atoms. The fourth-order valence-corrected chi connectivity index (χ4v) is 3.07. The Labute approximate surface area is 136 Å². The Bertz CT molecular complexity index is 888. The Morgan fingerprint density at radius 1 is 1.12 bits per heavy atom. The number of hydrogen-bond donors (Lipinski definition) is 0. The highest BCUT2D eigenvalue weighted by molar-refractivity contribution is 5.73. The summed E-state index contributed by atoms with van der Waals surface area (Å²) in [5.41, 5.74) is 0.339. The molecule has 8 heteroatoms. The number of esters is 2. The van der Waals surface area contributed by atoms with Crippen LogP contribution in [-0.2, 0) is 19.1 Å². The molecule has 1 heterocycles. The van der Waals surface area contributed by atoms with E-state index in [4.69, 9.17) is 9.47 Å². The van der Waals surface area contributed by atoms with Gasteiger partial charge in [-0.1, -0.05) is 12.1 Å². The van der Waals surface area contributed by atoms with E-state index in [1.54, 1.807) is 12.1 Å². The predicted molar refractivity (Wildman–Crippen MR) is 82.3 cm³/mol. The van der Waals surface area contributed by atoms with Crippen molar-refractivity contribution in [1.82, 2.24) is 4.73 Å². The highest BCUT2D eigenvalue weighted by Gasteiger charge is 2.41. The van der Waals surface area contributed by atoms with Crippen molar-refractivity contribution in [3.63, 3.8) is 0 Å². The summed E-state index contributed by atoms with van der Waals surface area (Å²) in [4.78, 5) is 35.5. The quantitative estimate of drug-likeness (QED) is 0.614. The number of rotatable bonds is 2. The summed E-state index contributed by atoms with van der Waals surface area (Å²) in [7, 11) is 0. The molecule has 8 nitrogen and oxygen atoms in total. The fourth-order valence-electron chi connectivity index (χ4n) is 3.07. The van der Waals surface area contributed by atoms with Crippen LogP contribution in [0.3, 0.4) is 0 Å². The first-order valence-electron chi connectivity index (χ1n) is 7.52. The summed E-state index contributed by atoms with van der Waals surface area (Å²) in [6, 6.07) is 6.29. The number of fused-ring (bicyclic) bond motifs is 2. The van der Waals surface area contributed by atoms with Gasteiger partial charge in [-0.2, -0.15) is 0 Å². The van der Waals surface area contributed by atoms with Crippen LogP contribution in [0.1, 0.15) is 50.3 Å². The maximum Gasteiger partial charge on any atom is 0.303 e. The second kappa shape index (κ2) is 5.95. The summed E-state index contributed by atoms with van der Waals surface area (Å²) < 4.78 is 11.6. The lowest BCUT2D eigenvalue weighted by Crippen LogP contribution is -2.36. The van der Waals surface area contributed by atoms with E-state index in [9.17, 15) is 19.7 Å². The van der Waals surface area contributed by atoms with Gasteiger partial charge in [0, 0.05) is 24.8 Å². The Kier molecular flexibility index (Phi) is 3.96. The van der Waals surface area contributed by atoms with E-state index < -0.39 is 24.1 Å². The molecule has 0 bridgehead atoms. The largest absolute Gasteiger partial charge is 0.805 e. The normalized spacial score (nSPS) is 19.6. The molecule has 1 aromatic heterocycles. The molecule has 2 aromatic rings. The van der Waals surface area contributed by atoms with Crippen LogP contribution in [-0.4, -0.2) is 16.7 Å². The van der Waals surface area contributed by atoms with Crippen molar-refractivity contribution in [2.24, 2.45) is 0 Å². The molecule has 0 spiro atoms. The third kappa shape index (κ3) is 2.60. The third-order valence-electron chi connectivity index (χ3n) is 3.94. The van der Waals surface area contributed by atoms with Gasteiger partial charge >= 0.3 is 17.6 Å². The van der Waals surface area contributed by atoms with Crippen LogP contribution in [0.25, 0.3) is 11.0 Å². The smallest absolute Gasteiger partial charge is 0.303 e. The van der Waals surface area contributed by atoms with Gasteiger partial charge in [0.25, 0.3) is 5.52 Å². The van der Waals surface area contributed by atoms with Crippen LogP contribution in [0, 0.1) is 10.1 Å². The lowest BCUT2D eigenvalue weighted by atomic mass is 9.94. The molecular weight excluding hydrogens is 316 g/mol. The number of benzene rings is 1. The minimum atomic E-state index is -0.855. The minimum absolute atomic E-state index is 0.0106. The zero-order valence-corrected chi connectivity index (χ0v) is 13.2. The first-order chi connectivity index (χ1) is 11.4. The Morgan fingerprint density at radius 3 is 2.38 bits per heavy atom. The predicted octanol–water partition coefficient (Wildman–Crippen LogP) is 1.90. The van der Waals surface area contributed by atoms with Crippen molar-refractivity contribution in [2.75, 3.05) is 0 Å². The number of carbonyl (C=O) groups excluding carboxylic acids is 2. The molecule has 0 saturated heterocycles. The van der Waals surface area contributed by atoms with Gasteiger partial charge in [-0.05, 0) is 18.9 Å². The van der Waals surface area contributed by atoms with Gasteiger partial charge in [0.05, 0.1) is 4.43 Å². The molecule has 126 valence electrons. The molecule has 0 fully saturated rings. The van der Waals surface area contributed by atoms with Crippen molar-refractivity contribution < 1.29 is 23.5 Å². The lowest BCUT2D eigenvalue weighted by Gasteiger charge is -2.30. The van der Waals surface area contributed by atoms with Crippen molar-refractivity contribution in [3.8, 4) is 0 Å². The standard InChI is InChI=1S/C16H16N2O6/c1-9(19)23-13-7-8-14(24-10(2)20)16-15(13)17(21)11-5-3-4-6-12(11)18(16)22/h3-6,13-14H,7-8H2,1-2H3/t13-,14+. The summed E-state index contributed by atoms with van der Waals surface area (Å²) in [5.74, 6) is -1.11. The van der Waals surface area contributed by atoms with Gasteiger partial charge in [-0.15, -0.1) is 0 Å². The van der Waals surface area contributed by atoms with E-state index in [2.05, 4.69) is 0 Å². The first kappa shape index (κ1) is 16.0. The van der Waals surface area contributed by atoms with Crippen molar-refractivity contribution in [2.45, 2.75) is 38.9 Å². The summed E-state index contributed by atoms with van der Waals surface area (Å²) >= 11 is 0. The van der Waals surface area contributed by atoms with E-state index in [0.29, 0.717) is 9.16 Å². The maximum atomic E-state index is 12.8. The molecule has 0 aliphatic heterocycles. The van der Waals surface area contributed by atoms with Crippen LogP contribution in [0.5, 0.6) is 0 Å². The fraction of sp³-hybridized carbons (Fsp3) is 0.375. The SMILES string of the molecule is CC(=O)O[C@H]1CC[C@@H](OC(C)=O)c2c1n([O-])c1ccccc1[n+]2=O. The molecule has 0 saturated carbocycles. The van der Waals surface area contributed by atoms with Gasteiger partial charge in [0.2, 0.25) is 0 Å². The molecule has 0 unspecified atom stereocenters. The van der Waals surface area contributed by atoms with Gasteiger partial charge in [-0.3, -0.25) is 9.59 Å².